The van der Waals surface area contributed by atoms with Crippen LogP contribution in [0, 0.1) is 12.3 Å². The second-order valence-corrected chi connectivity index (χ2v) is 4.19. The summed E-state index contributed by atoms with van der Waals surface area (Å²) in [4.78, 5) is 22.6. The largest absolute Gasteiger partial charge is 0.504 e. The highest BCUT2D eigenvalue weighted by molar-refractivity contribution is 5.83. The van der Waals surface area contributed by atoms with E-state index in [1.54, 1.807) is 0 Å². The van der Waals surface area contributed by atoms with Gasteiger partial charge in [0.15, 0.2) is 11.5 Å². The Morgan fingerprint density at radius 1 is 1.30 bits per heavy atom. The summed E-state index contributed by atoms with van der Waals surface area (Å²) < 4.78 is 0. The monoisotopic (exact) mass is 277 g/mol. The number of carboxylic acids is 1. The van der Waals surface area contributed by atoms with E-state index in [0.717, 1.165) is 0 Å². The number of terminal acetylenes is 1. The van der Waals surface area contributed by atoms with E-state index in [2.05, 4.69) is 11.2 Å². The van der Waals surface area contributed by atoms with E-state index in [1.165, 1.54) is 18.2 Å². The molecule has 0 bridgehead atoms. The van der Waals surface area contributed by atoms with E-state index >= 15 is 0 Å². The number of hydrogen-bond donors (Lipinski definition) is 4. The quantitative estimate of drug-likeness (QED) is 0.450. The minimum atomic E-state index is -1.19. The summed E-state index contributed by atoms with van der Waals surface area (Å²) in [6.07, 6.45) is 5.31. The number of nitrogens with one attached hydrogen (secondary N) is 1. The molecule has 6 nitrogen and oxygen atoms in total. The Kier molecular flexibility index (Phi) is 5.42. The summed E-state index contributed by atoms with van der Waals surface area (Å²) in [5, 5.41) is 29.9. The predicted octanol–water partition coefficient (Wildman–Crippen LogP) is 0.623. The average molecular weight is 277 g/mol. The Labute approximate surface area is 116 Å². The van der Waals surface area contributed by atoms with Crippen LogP contribution in [0.5, 0.6) is 11.5 Å². The molecule has 1 amide bonds. The van der Waals surface area contributed by atoms with Crippen LogP contribution in [0.3, 0.4) is 0 Å². The Hall–Kier alpha value is -2.68. The highest BCUT2D eigenvalue weighted by Gasteiger charge is 2.20. The van der Waals surface area contributed by atoms with Crippen LogP contribution in [0.1, 0.15) is 18.4 Å². The molecule has 0 aromatic heterocycles. The molecular formula is C14H15NO5. The number of carbonyl (C=O) groups excluding carboxylic acids is 1. The molecule has 0 saturated heterocycles. The number of phenols is 2. The Balaban J connectivity index is 2.72. The highest BCUT2D eigenvalue weighted by atomic mass is 16.4. The van der Waals surface area contributed by atoms with E-state index in [-0.39, 0.29) is 30.8 Å². The molecule has 1 aromatic carbocycles. The molecule has 0 aliphatic rings. The number of amides is 1. The van der Waals surface area contributed by atoms with Crippen LogP contribution >= 0.6 is 0 Å². The zero-order valence-corrected chi connectivity index (χ0v) is 10.7. The van der Waals surface area contributed by atoms with Gasteiger partial charge in [0.25, 0.3) is 0 Å². The highest BCUT2D eigenvalue weighted by Crippen LogP contribution is 2.25. The summed E-state index contributed by atoms with van der Waals surface area (Å²) in [7, 11) is 0. The number of hydrogen-bond acceptors (Lipinski definition) is 4. The molecule has 6 heteroatoms. The van der Waals surface area contributed by atoms with Crippen LogP contribution in [-0.4, -0.2) is 33.2 Å². The third-order valence-electron chi connectivity index (χ3n) is 2.61. The van der Waals surface area contributed by atoms with Crippen molar-refractivity contribution in [3.8, 4) is 23.8 Å². The van der Waals surface area contributed by atoms with Gasteiger partial charge >= 0.3 is 5.97 Å². The zero-order chi connectivity index (χ0) is 15.1. The summed E-state index contributed by atoms with van der Waals surface area (Å²) in [5.41, 5.74) is 0.477. The van der Waals surface area contributed by atoms with E-state index in [1.807, 2.05) is 0 Å². The lowest BCUT2D eigenvalue weighted by molar-refractivity contribution is -0.141. The van der Waals surface area contributed by atoms with Crippen molar-refractivity contribution in [2.24, 2.45) is 0 Å². The molecule has 0 aliphatic carbocycles. The van der Waals surface area contributed by atoms with Crippen LogP contribution in [0.2, 0.25) is 0 Å². The van der Waals surface area contributed by atoms with Gasteiger partial charge in [-0.2, -0.15) is 0 Å². The Morgan fingerprint density at radius 3 is 2.55 bits per heavy atom. The second-order valence-electron chi connectivity index (χ2n) is 4.19. The molecule has 0 fully saturated rings. The maximum Gasteiger partial charge on any atom is 0.326 e. The molecule has 20 heavy (non-hydrogen) atoms. The van der Waals surface area contributed by atoms with Crippen molar-refractivity contribution in [3.05, 3.63) is 23.8 Å². The van der Waals surface area contributed by atoms with Gasteiger partial charge in [-0.25, -0.2) is 4.79 Å². The first-order valence-electron chi connectivity index (χ1n) is 5.90. The van der Waals surface area contributed by atoms with Gasteiger partial charge in [-0.15, -0.1) is 12.3 Å². The number of aromatic hydroxyl groups is 2. The van der Waals surface area contributed by atoms with Crippen molar-refractivity contribution >= 4 is 11.9 Å². The van der Waals surface area contributed by atoms with Gasteiger partial charge in [0, 0.05) is 19.3 Å². The summed E-state index contributed by atoms with van der Waals surface area (Å²) in [5.74, 6) is 0.0259. The minimum Gasteiger partial charge on any atom is -0.504 e. The van der Waals surface area contributed by atoms with E-state index in [9.17, 15) is 19.8 Å². The van der Waals surface area contributed by atoms with Crippen LogP contribution < -0.4 is 5.32 Å². The van der Waals surface area contributed by atoms with E-state index in [0.29, 0.717) is 5.56 Å². The molecule has 0 radical (unpaired) electrons. The smallest absolute Gasteiger partial charge is 0.326 e. The first-order chi connectivity index (χ1) is 9.43. The maximum absolute atomic E-state index is 11.5. The first kappa shape index (κ1) is 15.4. The Morgan fingerprint density at radius 2 is 2.00 bits per heavy atom. The third-order valence-corrected chi connectivity index (χ3v) is 2.61. The van der Waals surface area contributed by atoms with Gasteiger partial charge in [-0.1, -0.05) is 6.07 Å². The lowest BCUT2D eigenvalue weighted by Crippen LogP contribution is -2.42. The number of aliphatic carboxylic acids is 1. The van der Waals surface area contributed by atoms with E-state index < -0.39 is 17.9 Å². The van der Waals surface area contributed by atoms with Gasteiger partial charge in [0.2, 0.25) is 5.91 Å². The fraction of sp³-hybridized carbons (Fsp3) is 0.286. The number of rotatable bonds is 6. The van der Waals surface area contributed by atoms with Crippen molar-refractivity contribution in [2.75, 3.05) is 0 Å². The topological polar surface area (TPSA) is 107 Å². The minimum absolute atomic E-state index is 0.00896. The predicted molar refractivity (Wildman–Crippen MR) is 71.1 cm³/mol. The molecule has 0 heterocycles. The molecule has 1 atom stereocenters. The van der Waals surface area contributed by atoms with Gasteiger partial charge < -0.3 is 20.6 Å². The van der Waals surface area contributed by atoms with Crippen LogP contribution in [0.15, 0.2) is 18.2 Å². The van der Waals surface area contributed by atoms with Gasteiger partial charge in [-0.3, -0.25) is 4.79 Å². The number of benzene rings is 1. The summed E-state index contributed by atoms with van der Waals surface area (Å²) in [6, 6.07) is 2.85. The zero-order valence-electron chi connectivity index (χ0n) is 10.7. The normalized spacial score (nSPS) is 11.3. The van der Waals surface area contributed by atoms with Crippen molar-refractivity contribution in [1.29, 1.82) is 0 Å². The maximum atomic E-state index is 11.5. The van der Waals surface area contributed by atoms with Crippen molar-refractivity contribution in [2.45, 2.75) is 25.3 Å². The fourth-order valence-corrected chi connectivity index (χ4v) is 1.58. The second kappa shape index (κ2) is 7.04. The van der Waals surface area contributed by atoms with Crippen molar-refractivity contribution in [3.63, 3.8) is 0 Å². The molecular weight excluding hydrogens is 262 g/mol. The molecule has 0 saturated carbocycles. The molecule has 0 aliphatic heterocycles. The third kappa shape index (κ3) is 4.53. The summed E-state index contributed by atoms with van der Waals surface area (Å²) in [6.45, 7) is 0. The first-order valence-corrected chi connectivity index (χ1v) is 5.90. The van der Waals surface area contributed by atoms with Crippen LogP contribution in [0.4, 0.5) is 0 Å². The van der Waals surface area contributed by atoms with Crippen molar-refractivity contribution in [1.82, 2.24) is 5.32 Å². The van der Waals surface area contributed by atoms with E-state index in [4.69, 9.17) is 11.5 Å². The lowest BCUT2D eigenvalue weighted by atomic mass is 10.0. The Bertz CT molecular complexity index is 547. The number of phenolic OH excluding ortho intramolecular Hbond substituents is 2. The average Bonchev–Trinajstić information content (AvgIpc) is 2.39. The lowest BCUT2D eigenvalue weighted by Gasteiger charge is -2.14. The molecule has 0 spiro atoms. The fourth-order valence-electron chi connectivity index (χ4n) is 1.58. The van der Waals surface area contributed by atoms with Gasteiger partial charge in [0.05, 0.1) is 0 Å². The number of carbonyl (C=O) groups is 2. The molecule has 1 unspecified atom stereocenters. The van der Waals surface area contributed by atoms with Gasteiger partial charge in [0.1, 0.15) is 6.04 Å². The number of carboxylic acid groups (broad SMARTS) is 1. The van der Waals surface area contributed by atoms with Gasteiger partial charge in [-0.05, 0) is 17.7 Å². The molecule has 1 aromatic rings. The van der Waals surface area contributed by atoms with Crippen molar-refractivity contribution < 1.29 is 24.9 Å². The SMILES string of the molecule is C#CCCC(=O)NC(Cc1ccc(O)c(O)c1)C(=O)O. The molecule has 1 rings (SSSR count). The van der Waals surface area contributed by atoms with Crippen LogP contribution in [0.25, 0.3) is 0 Å². The summed E-state index contributed by atoms with van der Waals surface area (Å²) >= 11 is 0. The molecule has 106 valence electrons. The molecule has 4 N–H and O–H groups in total. The standard InChI is InChI=1S/C14H15NO5/c1-2-3-4-13(18)15-10(14(19)20)7-9-5-6-11(16)12(17)8-9/h1,5-6,8,10,16-17H,3-4,7H2,(H,15,18)(H,19,20). The van der Waals surface area contributed by atoms with Crippen LogP contribution in [-0.2, 0) is 16.0 Å².